The third kappa shape index (κ3) is 6.13. The topological polar surface area (TPSA) is 103 Å². The second-order valence-electron chi connectivity index (χ2n) is 9.41. The zero-order chi connectivity index (χ0) is 29.5. The van der Waals surface area contributed by atoms with Crippen molar-refractivity contribution in [1.29, 1.82) is 0 Å². The minimum Gasteiger partial charge on any atom is -0.490 e. The van der Waals surface area contributed by atoms with Crippen LogP contribution in [0.1, 0.15) is 34.0 Å². The molecule has 8 nitrogen and oxygen atoms in total. The normalized spacial score (nSPS) is 11.1. The fraction of sp³-hybridized carbons (Fsp3) is 0.118. The van der Waals surface area contributed by atoms with Gasteiger partial charge in [-0.1, -0.05) is 60.7 Å². The maximum Gasteiger partial charge on any atom is 0.335 e. The average Bonchev–Trinajstić information content (AvgIpc) is 3.01. The van der Waals surface area contributed by atoms with Crippen LogP contribution < -0.4 is 15.0 Å². The van der Waals surface area contributed by atoms with Crippen molar-refractivity contribution in [1.82, 2.24) is 9.66 Å². The van der Waals surface area contributed by atoms with Gasteiger partial charge in [-0.15, -0.1) is 6.58 Å². The van der Waals surface area contributed by atoms with Crippen molar-refractivity contribution in [2.45, 2.75) is 20.0 Å². The summed E-state index contributed by atoms with van der Waals surface area (Å²) in [5.41, 5.74) is 3.46. The molecule has 5 rings (SSSR count). The van der Waals surface area contributed by atoms with E-state index in [-0.39, 0.29) is 17.7 Å². The molecule has 5 aromatic rings. The summed E-state index contributed by atoms with van der Waals surface area (Å²) in [6, 6.07) is 26.9. The molecule has 0 saturated heterocycles. The molecule has 8 heteroatoms. The largest absolute Gasteiger partial charge is 0.490 e. The molecule has 0 aliphatic heterocycles. The molecule has 0 atom stereocenters. The molecule has 0 aliphatic carbocycles. The number of allylic oxidation sites excluding steroid dienone is 1. The fourth-order valence-electron chi connectivity index (χ4n) is 4.57. The van der Waals surface area contributed by atoms with Crippen molar-refractivity contribution in [3.8, 4) is 22.9 Å². The smallest absolute Gasteiger partial charge is 0.335 e. The molecular formula is C34H29N3O5. The lowest BCUT2D eigenvalue weighted by molar-refractivity contribution is 0.0696. The zero-order valence-electron chi connectivity index (χ0n) is 23.1. The number of aromatic nitrogens is 2. The first-order chi connectivity index (χ1) is 20.5. The van der Waals surface area contributed by atoms with Gasteiger partial charge in [0.05, 0.1) is 29.3 Å². The summed E-state index contributed by atoms with van der Waals surface area (Å²) in [5, 5.41) is 14.4. The van der Waals surface area contributed by atoms with Crippen LogP contribution in [0.3, 0.4) is 0 Å². The Kier molecular flexibility index (Phi) is 8.53. The second-order valence-corrected chi connectivity index (χ2v) is 9.41. The standard InChI is InChI=1S/C34H29N3O5/c1-3-11-26-19-24(20-30(41-4-2)31(26)42-22-23-12-10-15-27(18-23)34(39)40)21-35-37-32(25-13-6-5-7-14-25)36-29-17-9-8-16-28(29)33(37)38/h3,5-10,12-21H,1,4,11,22H2,2H3,(H,39,40). The number of nitrogens with zero attached hydrogens (tertiary/aromatic N) is 3. The number of aromatic carboxylic acids is 1. The van der Waals surface area contributed by atoms with Crippen LogP contribution in [0.4, 0.5) is 0 Å². The Hall–Kier alpha value is -5.50. The molecule has 0 aliphatic rings. The quantitative estimate of drug-likeness (QED) is 0.149. The summed E-state index contributed by atoms with van der Waals surface area (Å²) in [6.07, 6.45) is 3.84. The van der Waals surface area contributed by atoms with Crippen LogP contribution in [-0.4, -0.2) is 33.6 Å². The van der Waals surface area contributed by atoms with E-state index in [4.69, 9.17) is 14.5 Å². The lowest BCUT2D eigenvalue weighted by Gasteiger charge is -2.17. The van der Waals surface area contributed by atoms with Crippen molar-refractivity contribution >= 4 is 23.1 Å². The summed E-state index contributed by atoms with van der Waals surface area (Å²) >= 11 is 0. The van der Waals surface area contributed by atoms with E-state index in [9.17, 15) is 14.7 Å². The molecule has 0 unspecified atom stereocenters. The van der Waals surface area contributed by atoms with Crippen molar-refractivity contribution in [2.24, 2.45) is 5.10 Å². The highest BCUT2D eigenvalue weighted by Crippen LogP contribution is 2.34. The van der Waals surface area contributed by atoms with Gasteiger partial charge < -0.3 is 14.6 Å². The molecule has 0 radical (unpaired) electrons. The Bertz CT molecular complexity index is 1840. The number of para-hydroxylation sites is 1. The molecular weight excluding hydrogens is 530 g/mol. The van der Waals surface area contributed by atoms with Crippen LogP contribution in [0.25, 0.3) is 22.3 Å². The summed E-state index contributed by atoms with van der Waals surface area (Å²) < 4.78 is 13.4. The zero-order valence-corrected chi connectivity index (χ0v) is 23.1. The first-order valence-corrected chi connectivity index (χ1v) is 13.5. The molecule has 0 saturated carbocycles. The van der Waals surface area contributed by atoms with Gasteiger partial charge >= 0.3 is 5.97 Å². The van der Waals surface area contributed by atoms with Gasteiger partial charge in [0.2, 0.25) is 0 Å². The highest BCUT2D eigenvalue weighted by Gasteiger charge is 2.15. The Morgan fingerprint density at radius 2 is 1.79 bits per heavy atom. The molecule has 1 N–H and O–H groups in total. The summed E-state index contributed by atoms with van der Waals surface area (Å²) in [4.78, 5) is 29.7. The SMILES string of the molecule is C=CCc1cc(C=Nn2c(-c3ccccc3)nc3ccccc3c2=O)cc(OCC)c1OCc1cccc(C(=O)O)c1. The molecule has 1 heterocycles. The number of hydrogen-bond donors (Lipinski definition) is 1. The highest BCUT2D eigenvalue weighted by atomic mass is 16.5. The lowest BCUT2D eigenvalue weighted by atomic mass is 10.1. The van der Waals surface area contributed by atoms with Crippen molar-refractivity contribution in [3.05, 3.63) is 136 Å². The molecule has 42 heavy (non-hydrogen) atoms. The summed E-state index contributed by atoms with van der Waals surface area (Å²) in [6.45, 7) is 6.30. The van der Waals surface area contributed by atoms with E-state index in [2.05, 4.69) is 11.7 Å². The number of fused-ring (bicyclic) bond motifs is 1. The number of hydrogen-bond acceptors (Lipinski definition) is 6. The van der Waals surface area contributed by atoms with Gasteiger partial charge in [0, 0.05) is 11.1 Å². The lowest BCUT2D eigenvalue weighted by Crippen LogP contribution is -2.20. The molecule has 0 spiro atoms. The molecule has 4 aromatic carbocycles. The van der Waals surface area contributed by atoms with Gasteiger partial charge in [-0.25, -0.2) is 9.78 Å². The highest BCUT2D eigenvalue weighted by molar-refractivity contribution is 5.87. The van der Waals surface area contributed by atoms with Gasteiger partial charge in [0.25, 0.3) is 5.56 Å². The van der Waals surface area contributed by atoms with Crippen LogP contribution in [0.5, 0.6) is 11.5 Å². The molecule has 0 amide bonds. The van der Waals surface area contributed by atoms with Gasteiger partial charge in [-0.3, -0.25) is 4.79 Å². The number of ether oxygens (including phenoxy) is 2. The number of carboxylic acids is 1. The molecule has 1 aromatic heterocycles. The fourth-order valence-corrected chi connectivity index (χ4v) is 4.57. The van der Waals surface area contributed by atoms with E-state index in [1.165, 1.54) is 10.7 Å². The van der Waals surface area contributed by atoms with E-state index in [0.29, 0.717) is 52.4 Å². The Morgan fingerprint density at radius 3 is 2.55 bits per heavy atom. The van der Waals surface area contributed by atoms with E-state index in [0.717, 1.165) is 11.1 Å². The van der Waals surface area contributed by atoms with Gasteiger partial charge in [0.15, 0.2) is 17.3 Å². The molecule has 0 bridgehead atoms. The van der Waals surface area contributed by atoms with Crippen molar-refractivity contribution in [2.75, 3.05) is 6.61 Å². The second kappa shape index (κ2) is 12.8. The van der Waals surface area contributed by atoms with Crippen LogP contribution in [0, 0.1) is 0 Å². The monoisotopic (exact) mass is 559 g/mol. The van der Waals surface area contributed by atoms with Crippen molar-refractivity contribution in [3.63, 3.8) is 0 Å². The minimum absolute atomic E-state index is 0.150. The Balaban J connectivity index is 1.55. The van der Waals surface area contributed by atoms with Gasteiger partial charge in [-0.05, 0) is 60.9 Å². The number of carbonyl (C=O) groups is 1. The average molecular weight is 560 g/mol. The predicted octanol–water partition coefficient (Wildman–Crippen LogP) is 6.35. The van der Waals surface area contributed by atoms with Crippen LogP contribution in [0.2, 0.25) is 0 Å². The van der Waals surface area contributed by atoms with E-state index in [1.54, 1.807) is 48.7 Å². The first-order valence-electron chi connectivity index (χ1n) is 13.5. The summed E-state index contributed by atoms with van der Waals surface area (Å²) in [7, 11) is 0. The van der Waals surface area contributed by atoms with Crippen molar-refractivity contribution < 1.29 is 19.4 Å². The third-order valence-corrected chi connectivity index (χ3v) is 6.48. The van der Waals surface area contributed by atoms with E-state index >= 15 is 0 Å². The van der Waals surface area contributed by atoms with Crippen LogP contribution in [-0.2, 0) is 13.0 Å². The van der Waals surface area contributed by atoms with E-state index in [1.807, 2.05) is 55.5 Å². The Labute approximate surface area is 242 Å². The predicted molar refractivity (Wildman–Crippen MR) is 164 cm³/mol. The Morgan fingerprint density at radius 1 is 1.00 bits per heavy atom. The van der Waals surface area contributed by atoms with Gasteiger partial charge in [-0.2, -0.15) is 9.78 Å². The van der Waals surface area contributed by atoms with Crippen LogP contribution in [0.15, 0.2) is 114 Å². The minimum atomic E-state index is -1.00. The first kappa shape index (κ1) is 28.0. The summed E-state index contributed by atoms with van der Waals surface area (Å²) in [5.74, 6) is 0.457. The molecule has 0 fully saturated rings. The maximum atomic E-state index is 13.5. The molecule has 210 valence electrons. The number of benzene rings is 4. The number of rotatable bonds is 11. The van der Waals surface area contributed by atoms with Gasteiger partial charge in [0.1, 0.15) is 6.61 Å². The maximum absolute atomic E-state index is 13.5. The number of carboxylic acid groups (broad SMARTS) is 1. The third-order valence-electron chi connectivity index (χ3n) is 6.48. The van der Waals surface area contributed by atoms with E-state index < -0.39 is 5.97 Å². The van der Waals surface area contributed by atoms with Crippen LogP contribution >= 0.6 is 0 Å².